The van der Waals surface area contributed by atoms with Gasteiger partial charge in [-0.05, 0) is 13.3 Å². The lowest BCUT2D eigenvalue weighted by molar-refractivity contribution is 0.174. The van der Waals surface area contributed by atoms with Crippen molar-refractivity contribution in [2.45, 2.75) is 19.4 Å². The number of ether oxygens (including phenoxy) is 1. The molecule has 1 rings (SSSR count). The van der Waals surface area contributed by atoms with E-state index in [9.17, 15) is 9.50 Å². The van der Waals surface area contributed by atoms with Crippen LogP contribution in [0.25, 0.3) is 0 Å². The van der Waals surface area contributed by atoms with Crippen LogP contribution in [0.5, 0.6) is 0 Å². The van der Waals surface area contributed by atoms with Crippen molar-refractivity contribution in [1.82, 2.24) is 9.97 Å². The highest BCUT2D eigenvalue weighted by Crippen LogP contribution is 2.13. The molecule has 0 bridgehead atoms. The number of aliphatic hydroxyl groups excluding tert-OH is 1. The van der Waals surface area contributed by atoms with Gasteiger partial charge in [-0.1, -0.05) is 0 Å². The molecule has 0 spiro atoms. The van der Waals surface area contributed by atoms with Crippen molar-refractivity contribution in [3.63, 3.8) is 0 Å². The molecule has 18 heavy (non-hydrogen) atoms. The van der Waals surface area contributed by atoms with Gasteiger partial charge in [0.15, 0.2) is 11.6 Å². The first-order chi connectivity index (χ1) is 8.71. The van der Waals surface area contributed by atoms with Crippen molar-refractivity contribution in [3.8, 4) is 0 Å². The van der Waals surface area contributed by atoms with Gasteiger partial charge in [-0.2, -0.15) is 4.98 Å². The minimum atomic E-state index is -0.549. The molecule has 0 saturated heterocycles. The normalized spacial score (nSPS) is 12.2. The summed E-state index contributed by atoms with van der Waals surface area (Å²) in [6, 6.07) is -0.302. The van der Waals surface area contributed by atoms with Gasteiger partial charge in [0.05, 0.1) is 18.8 Å². The van der Waals surface area contributed by atoms with E-state index in [2.05, 4.69) is 20.6 Å². The maximum atomic E-state index is 13.5. The summed E-state index contributed by atoms with van der Waals surface area (Å²) in [6.07, 6.45) is 1.66. The monoisotopic (exact) mass is 258 g/mol. The van der Waals surface area contributed by atoms with Gasteiger partial charge in [0.2, 0.25) is 5.95 Å². The van der Waals surface area contributed by atoms with E-state index in [1.165, 1.54) is 0 Å². The summed E-state index contributed by atoms with van der Waals surface area (Å²) in [4.78, 5) is 7.80. The molecule has 1 aromatic heterocycles. The SMILES string of the molecule is CCNc1ncc(F)c(NC(CO)CCOC)n1. The first kappa shape index (κ1) is 14.6. The predicted molar refractivity (Wildman–Crippen MR) is 67.1 cm³/mol. The molecule has 0 aromatic carbocycles. The molecule has 1 heterocycles. The van der Waals surface area contributed by atoms with Crippen LogP contribution in [0.1, 0.15) is 13.3 Å². The lowest BCUT2D eigenvalue weighted by Gasteiger charge is -2.17. The number of nitrogens with one attached hydrogen (secondary N) is 2. The van der Waals surface area contributed by atoms with Gasteiger partial charge >= 0.3 is 0 Å². The Hall–Kier alpha value is -1.47. The van der Waals surface area contributed by atoms with Gasteiger partial charge < -0.3 is 20.5 Å². The fourth-order valence-corrected chi connectivity index (χ4v) is 1.37. The fourth-order valence-electron chi connectivity index (χ4n) is 1.37. The summed E-state index contributed by atoms with van der Waals surface area (Å²) >= 11 is 0. The summed E-state index contributed by atoms with van der Waals surface area (Å²) in [5, 5.41) is 14.9. The van der Waals surface area contributed by atoms with E-state index >= 15 is 0 Å². The third-order valence-corrected chi connectivity index (χ3v) is 2.31. The second-order valence-electron chi connectivity index (χ2n) is 3.73. The van der Waals surface area contributed by atoms with Gasteiger partial charge in [0.1, 0.15) is 0 Å². The van der Waals surface area contributed by atoms with Crippen molar-refractivity contribution in [2.24, 2.45) is 0 Å². The van der Waals surface area contributed by atoms with Crippen LogP contribution in [-0.2, 0) is 4.74 Å². The highest BCUT2D eigenvalue weighted by molar-refractivity contribution is 5.41. The summed E-state index contributed by atoms with van der Waals surface area (Å²) in [7, 11) is 1.57. The Balaban J connectivity index is 2.71. The van der Waals surface area contributed by atoms with Crippen LogP contribution in [0.3, 0.4) is 0 Å². The molecule has 1 unspecified atom stereocenters. The van der Waals surface area contributed by atoms with Gasteiger partial charge in [-0.3, -0.25) is 0 Å². The largest absolute Gasteiger partial charge is 0.394 e. The Bertz CT molecular complexity index is 365. The van der Waals surface area contributed by atoms with Crippen molar-refractivity contribution in [2.75, 3.05) is 37.5 Å². The van der Waals surface area contributed by atoms with E-state index in [1.807, 2.05) is 6.92 Å². The molecule has 102 valence electrons. The summed E-state index contributed by atoms with van der Waals surface area (Å²) < 4.78 is 18.4. The van der Waals surface area contributed by atoms with Crippen molar-refractivity contribution < 1.29 is 14.2 Å². The maximum absolute atomic E-state index is 13.5. The Morgan fingerprint density at radius 3 is 2.94 bits per heavy atom. The molecule has 1 atom stereocenters. The first-order valence-corrected chi connectivity index (χ1v) is 5.84. The van der Waals surface area contributed by atoms with E-state index in [0.717, 1.165) is 6.20 Å². The van der Waals surface area contributed by atoms with E-state index in [-0.39, 0.29) is 18.5 Å². The zero-order valence-electron chi connectivity index (χ0n) is 10.6. The topological polar surface area (TPSA) is 79.3 Å². The number of aliphatic hydroxyl groups is 1. The molecular formula is C11H19FN4O2. The number of methoxy groups -OCH3 is 1. The number of hydrogen-bond donors (Lipinski definition) is 3. The molecule has 0 aliphatic heterocycles. The smallest absolute Gasteiger partial charge is 0.224 e. The van der Waals surface area contributed by atoms with Crippen LogP contribution in [0, 0.1) is 5.82 Å². The predicted octanol–water partition coefficient (Wildman–Crippen LogP) is 0.857. The van der Waals surface area contributed by atoms with Gasteiger partial charge in [-0.15, -0.1) is 0 Å². The Kier molecular flexibility index (Phi) is 6.31. The molecule has 0 fully saturated rings. The van der Waals surface area contributed by atoms with Gasteiger partial charge in [-0.25, -0.2) is 9.37 Å². The van der Waals surface area contributed by atoms with Crippen molar-refractivity contribution >= 4 is 11.8 Å². The fraction of sp³-hybridized carbons (Fsp3) is 0.636. The van der Waals surface area contributed by atoms with Gasteiger partial charge in [0, 0.05) is 20.3 Å². The second kappa shape index (κ2) is 7.78. The highest BCUT2D eigenvalue weighted by atomic mass is 19.1. The van der Waals surface area contributed by atoms with E-state index in [4.69, 9.17) is 4.74 Å². The number of anilines is 2. The van der Waals surface area contributed by atoms with E-state index < -0.39 is 5.82 Å². The minimum Gasteiger partial charge on any atom is -0.394 e. The van der Waals surface area contributed by atoms with Crippen LogP contribution < -0.4 is 10.6 Å². The Labute approximate surface area is 106 Å². The van der Waals surface area contributed by atoms with Crippen LogP contribution in [0.15, 0.2) is 6.20 Å². The molecule has 6 nitrogen and oxygen atoms in total. The van der Waals surface area contributed by atoms with Crippen molar-refractivity contribution in [1.29, 1.82) is 0 Å². The summed E-state index contributed by atoms with van der Waals surface area (Å²) in [5.41, 5.74) is 0. The number of nitrogens with zero attached hydrogens (tertiary/aromatic N) is 2. The quantitative estimate of drug-likeness (QED) is 0.641. The molecule has 0 aliphatic rings. The van der Waals surface area contributed by atoms with Crippen LogP contribution in [-0.4, -0.2) is 48.0 Å². The molecular weight excluding hydrogens is 239 g/mol. The Morgan fingerprint density at radius 1 is 1.56 bits per heavy atom. The number of aromatic nitrogens is 2. The lowest BCUT2D eigenvalue weighted by Crippen LogP contribution is -2.26. The first-order valence-electron chi connectivity index (χ1n) is 5.84. The van der Waals surface area contributed by atoms with Crippen LogP contribution in [0.2, 0.25) is 0 Å². The number of halogens is 1. The van der Waals surface area contributed by atoms with Gasteiger partial charge in [0.25, 0.3) is 0 Å². The lowest BCUT2D eigenvalue weighted by atomic mass is 10.2. The van der Waals surface area contributed by atoms with E-state index in [1.54, 1.807) is 7.11 Å². The number of rotatable bonds is 8. The molecule has 0 radical (unpaired) electrons. The number of hydrogen-bond acceptors (Lipinski definition) is 6. The second-order valence-corrected chi connectivity index (χ2v) is 3.73. The van der Waals surface area contributed by atoms with Crippen molar-refractivity contribution in [3.05, 3.63) is 12.0 Å². The minimum absolute atomic E-state index is 0.0797. The van der Waals surface area contributed by atoms with E-state index in [0.29, 0.717) is 25.5 Å². The average molecular weight is 258 g/mol. The zero-order chi connectivity index (χ0) is 13.4. The highest BCUT2D eigenvalue weighted by Gasteiger charge is 2.12. The Morgan fingerprint density at radius 2 is 2.33 bits per heavy atom. The molecule has 0 saturated carbocycles. The average Bonchev–Trinajstić information content (AvgIpc) is 2.38. The third-order valence-electron chi connectivity index (χ3n) is 2.31. The van der Waals surface area contributed by atoms with Crippen LogP contribution >= 0.6 is 0 Å². The third kappa shape index (κ3) is 4.42. The molecule has 7 heteroatoms. The molecule has 1 aromatic rings. The maximum Gasteiger partial charge on any atom is 0.224 e. The zero-order valence-corrected chi connectivity index (χ0v) is 10.6. The summed E-state index contributed by atoms with van der Waals surface area (Å²) in [6.45, 7) is 2.90. The molecule has 0 amide bonds. The summed E-state index contributed by atoms with van der Waals surface area (Å²) in [5.74, 6) is -0.117. The van der Waals surface area contributed by atoms with Crippen LogP contribution in [0.4, 0.5) is 16.2 Å². The standard InChI is InChI=1S/C11H19FN4O2/c1-3-13-11-14-6-9(12)10(16-11)15-8(7-17)4-5-18-2/h6,8,17H,3-5,7H2,1-2H3,(H2,13,14,15,16). The molecule has 0 aliphatic carbocycles. The molecule has 3 N–H and O–H groups in total.